The van der Waals surface area contributed by atoms with Crippen LogP contribution >= 0.6 is 15.9 Å². The van der Waals surface area contributed by atoms with Crippen molar-refractivity contribution in [3.05, 3.63) is 22.8 Å². The third-order valence-electron chi connectivity index (χ3n) is 1.99. The molecular formula is C9H13BrN2O. The smallest absolute Gasteiger partial charge is 0.129 e. The zero-order valence-electron chi connectivity index (χ0n) is 7.74. The van der Waals surface area contributed by atoms with Gasteiger partial charge >= 0.3 is 0 Å². The summed E-state index contributed by atoms with van der Waals surface area (Å²) in [6.07, 6.45) is 1.74. The van der Waals surface area contributed by atoms with Gasteiger partial charge in [-0.1, -0.05) is 15.9 Å². The van der Waals surface area contributed by atoms with Gasteiger partial charge in [0, 0.05) is 17.7 Å². The fourth-order valence-electron chi connectivity index (χ4n) is 0.935. The number of aliphatic hydroxyl groups excluding tert-OH is 1. The molecule has 1 N–H and O–H groups in total. The lowest BCUT2D eigenvalue weighted by Crippen LogP contribution is -2.32. The fraction of sp³-hybridized carbons (Fsp3) is 0.444. The summed E-state index contributed by atoms with van der Waals surface area (Å²) in [4.78, 5) is 6.13. The molecule has 0 aliphatic rings. The zero-order valence-corrected chi connectivity index (χ0v) is 9.32. The topological polar surface area (TPSA) is 36.4 Å². The van der Waals surface area contributed by atoms with Crippen LogP contribution in [0.3, 0.4) is 0 Å². The summed E-state index contributed by atoms with van der Waals surface area (Å²) in [7, 11) is 1.91. The number of hydrogen-bond acceptors (Lipinski definition) is 3. The van der Waals surface area contributed by atoms with Crippen LogP contribution in [-0.4, -0.2) is 29.8 Å². The quantitative estimate of drug-likeness (QED) is 0.879. The highest BCUT2D eigenvalue weighted by Crippen LogP contribution is 2.17. The number of halogens is 1. The van der Waals surface area contributed by atoms with Gasteiger partial charge in [0.25, 0.3) is 0 Å². The van der Waals surface area contributed by atoms with E-state index in [1.165, 1.54) is 0 Å². The number of likely N-dealkylation sites (N-methyl/N-ethyl adjacent to an activating group) is 1. The number of aromatic nitrogens is 1. The lowest BCUT2D eigenvalue weighted by atomic mass is 10.3. The van der Waals surface area contributed by atoms with E-state index in [9.17, 15) is 0 Å². The minimum absolute atomic E-state index is 0.0850. The molecule has 0 radical (unpaired) electrons. The van der Waals surface area contributed by atoms with Gasteiger partial charge in [-0.05, 0) is 19.1 Å². The Morgan fingerprint density at radius 3 is 2.92 bits per heavy atom. The Bertz CT molecular complexity index is 280. The van der Waals surface area contributed by atoms with E-state index in [4.69, 9.17) is 5.11 Å². The van der Waals surface area contributed by atoms with E-state index >= 15 is 0 Å². The number of anilines is 1. The second-order valence-corrected chi connectivity index (χ2v) is 3.89. The minimum Gasteiger partial charge on any atom is -0.394 e. The average Bonchev–Trinajstić information content (AvgIpc) is 2.15. The van der Waals surface area contributed by atoms with Crippen molar-refractivity contribution < 1.29 is 5.11 Å². The van der Waals surface area contributed by atoms with Crippen molar-refractivity contribution in [1.29, 1.82) is 0 Å². The van der Waals surface area contributed by atoms with E-state index in [1.54, 1.807) is 6.20 Å². The van der Waals surface area contributed by atoms with Crippen LogP contribution in [0.15, 0.2) is 22.8 Å². The molecule has 3 nitrogen and oxygen atoms in total. The van der Waals surface area contributed by atoms with E-state index in [1.807, 2.05) is 31.0 Å². The summed E-state index contributed by atoms with van der Waals surface area (Å²) >= 11 is 3.37. The van der Waals surface area contributed by atoms with Gasteiger partial charge in [-0.15, -0.1) is 0 Å². The van der Waals surface area contributed by atoms with Crippen molar-refractivity contribution in [2.24, 2.45) is 0 Å². The van der Waals surface area contributed by atoms with Crippen molar-refractivity contribution in [3.63, 3.8) is 0 Å². The summed E-state index contributed by atoms with van der Waals surface area (Å²) in [5.74, 6) is 0.857. The van der Waals surface area contributed by atoms with Crippen LogP contribution < -0.4 is 4.90 Å². The van der Waals surface area contributed by atoms with Crippen LogP contribution in [0.25, 0.3) is 0 Å². The molecule has 1 aromatic rings. The first-order valence-electron chi connectivity index (χ1n) is 4.10. The fourth-order valence-corrected chi connectivity index (χ4v) is 1.26. The second kappa shape index (κ2) is 4.58. The second-order valence-electron chi connectivity index (χ2n) is 2.97. The highest BCUT2D eigenvalue weighted by molar-refractivity contribution is 9.10. The van der Waals surface area contributed by atoms with Crippen LogP contribution in [0, 0.1) is 0 Å². The molecular weight excluding hydrogens is 232 g/mol. The standard InChI is InChI=1S/C9H13BrN2O/c1-7(6-13)12(2)9-5-8(10)3-4-11-9/h3-5,7,13H,6H2,1-2H3. The molecule has 0 saturated carbocycles. The number of nitrogens with zero attached hydrogens (tertiary/aromatic N) is 2. The number of rotatable bonds is 3. The van der Waals surface area contributed by atoms with Gasteiger partial charge in [0.1, 0.15) is 5.82 Å². The molecule has 1 unspecified atom stereocenters. The maximum Gasteiger partial charge on any atom is 0.129 e. The van der Waals surface area contributed by atoms with Gasteiger partial charge in [0.05, 0.1) is 12.6 Å². The molecule has 0 fully saturated rings. The molecule has 0 aliphatic heterocycles. The van der Waals surface area contributed by atoms with Gasteiger partial charge in [0.15, 0.2) is 0 Å². The summed E-state index contributed by atoms with van der Waals surface area (Å²) in [6, 6.07) is 3.88. The van der Waals surface area contributed by atoms with Crippen molar-refractivity contribution in [1.82, 2.24) is 4.98 Å². The van der Waals surface area contributed by atoms with Gasteiger partial charge in [0.2, 0.25) is 0 Å². The normalized spacial score (nSPS) is 12.6. The summed E-state index contributed by atoms with van der Waals surface area (Å²) in [5.41, 5.74) is 0. The molecule has 1 atom stereocenters. The Hall–Kier alpha value is -0.610. The molecule has 4 heteroatoms. The molecule has 0 aromatic carbocycles. The van der Waals surface area contributed by atoms with Crippen molar-refractivity contribution >= 4 is 21.7 Å². The monoisotopic (exact) mass is 244 g/mol. The average molecular weight is 245 g/mol. The SMILES string of the molecule is CC(CO)N(C)c1cc(Br)ccn1. The maximum atomic E-state index is 8.95. The first-order valence-corrected chi connectivity index (χ1v) is 4.89. The van der Waals surface area contributed by atoms with Gasteiger partial charge in [-0.2, -0.15) is 0 Å². The van der Waals surface area contributed by atoms with Crippen LogP contribution in [0.4, 0.5) is 5.82 Å². The van der Waals surface area contributed by atoms with Gasteiger partial charge < -0.3 is 10.0 Å². The number of hydrogen-bond donors (Lipinski definition) is 1. The van der Waals surface area contributed by atoms with Crippen molar-refractivity contribution in [3.8, 4) is 0 Å². The molecule has 13 heavy (non-hydrogen) atoms. The Morgan fingerprint density at radius 2 is 2.38 bits per heavy atom. The van der Waals surface area contributed by atoms with Gasteiger partial charge in [-0.25, -0.2) is 4.98 Å². The van der Waals surface area contributed by atoms with Crippen LogP contribution in [0.2, 0.25) is 0 Å². The molecule has 0 aliphatic carbocycles. The number of aliphatic hydroxyl groups is 1. The first-order chi connectivity index (χ1) is 6.15. The van der Waals surface area contributed by atoms with Crippen molar-refractivity contribution in [2.75, 3.05) is 18.6 Å². The highest BCUT2D eigenvalue weighted by atomic mass is 79.9. The highest BCUT2D eigenvalue weighted by Gasteiger charge is 2.09. The first kappa shape index (κ1) is 10.5. The molecule has 1 aromatic heterocycles. The van der Waals surface area contributed by atoms with E-state index in [-0.39, 0.29) is 12.6 Å². The lowest BCUT2D eigenvalue weighted by molar-refractivity contribution is 0.270. The Labute approximate surface area is 86.5 Å². The zero-order chi connectivity index (χ0) is 9.84. The molecule has 1 rings (SSSR count). The predicted octanol–water partition coefficient (Wildman–Crippen LogP) is 1.66. The lowest BCUT2D eigenvalue weighted by Gasteiger charge is -2.24. The Morgan fingerprint density at radius 1 is 1.69 bits per heavy atom. The molecule has 0 amide bonds. The molecule has 0 bridgehead atoms. The van der Waals surface area contributed by atoms with Crippen LogP contribution in [0.5, 0.6) is 0 Å². The minimum atomic E-state index is 0.0850. The molecule has 1 heterocycles. The maximum absolute atomic E-state index is 8.95. The van der Waals surface area contributed by atoms with Crippen LogP contribution in [0.1, 0.15) is 6.92 Å². The molecule has 0 saturated heterocycles. The van der Waals surface area contributed by atoms with E-state index < -0.39 is 0 Å². The summed E-state index contributed by atoms with van der Waals surface area (Å²) < 4.78 is 0.995. The van der Waals surface area contributed by atoms with Gasteiger partial charge in [-0.3, -0.25) is 0 Å². The third kappa shape index (κ3) is 2.67. The van der Waals surface area contributed by atoms with E-state index in [0.29, 0.717) is 0 Å². The number of pyridine rings is 1. The Balaban J connectivity index is 2.82. The predicted molar refractivity (Wildman–Crippen MR) is 56.9 cm³/mol. The largest absolute Gasteiger partial charge is 0.394 e. The summed E-state index contributed by atoms with van der Waals surface area (Å²) in [6.45, 7) is 2.08. The molecule has 72 valence electrons. The van der Waals surface area contributed by atoms with E-state index in [2.05, 4.69) is 20.9 Å². The third-order valence-corrected chi connectivity index (χ3v) is 2.49. The van der Waals surface area contributed by atoms with Crippen molar-refractivity contribution in [2.45, 2.75) is 13.0 Å². The van der Waals surface area contributed by atoms with E-state index in [0.717, 1.165) is 10.3 Å². The summed E-state index contributed by atoms with van der Waals surface area (Å²) in [5, 5.41) is 8.95. The van der Waals surface area contributed by atoms with Crippen LogP contribution in [-0.2, 0) is 0 Å². The molecule has 0 spiro atoms. The Kier molecular flexibility index (Phi) is 3.69.